The van der Waals surface area contributed by atoms with Crippen molar-refractivity contribution in [2.75, 3.05) is 7.05 Å². The molecule has 0 aliphatic rings. The Kier molecular flexibility index (Phi) is 6.16. The molecule has 152 valence electrons. The lowest BCUT2D eigenvalue weighted by Gasteiger charge is -2.19. The van der Waals surface area contributed by atoms with Crippen molar-refractivity contribution >= 4 is 27.3 Å². The molecular formula is C21H21FN2O3S2. The molecule has 0 bridgehead atoms. The van der Waals surface area contributed by atoms with Crippen molar-refractivity contribution in [2.24, 2.45) is 0 Å². The third kappa shape index (κ3) is 4.55. The number of hydrogen-bond donors (Lipinski definition) is 2. The zero-order valence-electron chi connectivity index (χ0n) is 16.2. The number of carbonyl (C=O) groups is 1. The first-order valence-corrected chi connectivity index (χ1v) is 11.2. The Morgan fingerprint density at radius 2 is 1.79 bits per heavy atom. The van der Waals surface area contributed by atoms with Gasteiger partial charge in [-0.3, -0.25) is 4.79 Å². The van der Waals surface area contributed by atoms with E-state index < -0.39 is 22.0 Å². The van der Waals surface area contributed by atoms with E-state index in [2.05, 4.69) is 10.0 Å². The van der Waals surface area contributed by atoms with Crippen molar-refractivity contribution < 1.29 is 17.6 Å². The van der Waals surface area contributed by atoms with E-state index >= 15 is 0 Å². The molecule has 8 heteroatoms. The van der Waals surface area contributed by atoms with E-state index in [4.69, 9.17) is 0 Å². The van der Waals surface area contributed by atoms with Crippen LogP contribution in [0.5, 0.6) is 0 Å². The van der Waals surface area contributed by atoms with E-state index in [1.165, 1.54) is 36.6 Å². The van der Waals surface area contributed by atoms with Gasteiger partial charge in [0.2, 0.25) is 10.0 Å². The number of aryl methyl sites for hydroxylation is 1. The third-order valence-corrected chi connectivity index (χ3v) is 7.22. The summed E-state index contributed by atoms with van der Waals surface area (Å²) in [6.07, 6.45) is 0. The van der Waals surface area contributed by atoms with Gasteiger partial charge in [0.25, 0.3) is 5.91 Å². The minimum Gasteiger partial charge on any atom is -0.340 e. The lowest BCUT2D eigenvalue weighted by Crippen LogP contribution is -2.29. The Morgan fingerprint density at radius 1 is 1.10 bits per heavy atom. The Bertz CT molecular complexity index is 1130. The first kappa shape index (κ1) is 21.2. The molecule has 1 heterocycles. The second-order valence-electron chi connectivity index (χ2n) is 6.60. The molecule has 0 fully saturated rings. The van der Waals surface area contributed by atoms with Crippen LogP contribution < -0.4 is 10.0 Å². The number of rotatable bonds is 6. The lowest BCUT2D eigenvalue weighted by molar-refractivity contribution is 0.0943. The van der Waals surface area contributed by atoms with Crippen molar-refractivity contribution in [3.63, 3.8) is 0 Å². The van der Waals surface area contributed by atoms with Crippen LogP contribution in [0.4, 0.5) is 4.39 Å². The molecule has 0 saturated carbocycles. The molecule has 2 aromatic carbocycles. The van der Waals surface area contributed by atoms with Gasteiger partial charge in [-0.1, -0.05) is 18.2 Å². The van der Waals surface area contributed by atoms with Crippen LogP contribution in [0.15, 0.2) is 58.8 Å². The highest BCUT2D eigenvalue weighted by Gasteiger charge is 2.22. The summed E-state index contributed by atoms with van der Waals surface area (Å²) in [4.78, 5) is 14.0. The second-order valence-corrected chi connectivity index (χ2v) is 9.43. The fourth-order valence-electron chi connectivity index (χ4n) is 2.99. The van der Waals surface area contributed by atoms with E-state index in [9.17, 15) is 17.6 Å². The average Bonchev–Trinajstić information content (AvgIpc) is 3.23. The summed E-state index contributed by atoms with van der Waals surface area (Å²) < 4.78 is 40.3. The maximum atomic E-state index is 13.3. The average molecular weight is 433 g/mol. The summed E-state index contributed by atoms with van der Waals surface area (Å²) in [5.41, 5.74) is 2.25. The predicted octanol–water partition coefficient (Wildman–Crippen LogP) is 3.93. The summed E-state index contributed by atoms with van der Waals surface area (Å²) in [7, 11) is -2.37. The lowest BCUT2D eigenvalue weighted by atomic mass is 10.0. The van der Waals surface area contributed by atoms with E-state index in [1.807, 2.05) is 17.5 Å². The van der Waals surface area contributed by atoms with E-state index in [1.54, 1.807) is 32.0 Å². The van der Waals surface area contributed by atoms with Gasteiger partial charge in [0.05, 0.1) is 10.9 Å². The molecule has 1 unspecified atom stereocenters. The quantitative estimate of drug-likeness (QED) is 0.620. The number of carbonyl (C=O) groups excluding carboxylic acids is 1. The number of thiophene rings is 1. The summed E-state index contributed by atoms with van der Waals surface area (Å²) in [6, 6.07) is 12.2. The molecule has 1 amide bonds. The van der Waals surface area contributed by atoms with Crippen LogP contribution in [-0.4, -0.2) is 21.4 Å². The molecule has 0 aliphatic heterocycles. The smallest absolute Gasteiger partial charge is 0.252 e. The molecule has 3 rings (SSSR count). The van der Waals surface area contributed by atoms with E-state index in [0.29, 0.717) is 11.1 Å². The second kappa shape index (κ2) is 8.44. The van der Waals surface area contributed by atoms with Gasteiger partial charge in [-0.2, -0.15) is 0 Å². The molecule has 29 heavy (non-hydrogen) atoms. The number of benzene rings is 2. The molecule has 0 aliphatic carbocycles. The van der Waals surface area contributed by atoms with E-state index in [0.717, 1.165) is 10.4 Å². The fraction of sp³-hybridized carbons (Fsp3) is 0.190. The van der Waals surface area contributed by atoms with Gasteiger partial charge in [-0.25, -0.2) is 17.5 Å². The summed E-state index contributed by atoms with van der Waals surface area (Å²) in [5.74, 6) is -0.774. The summed E-state index contributed by atoms with van der Waals surface area (Å²) in [5, 5.41) is 4.84. The molecule has 3 aromatic rings. The van der Waals surface area contributed by atoms with Crippen molar-refractivity contribution in [1.29, 1.82) is 0 Å². The van der Waals surface area contributed by atoms with Crippen LogP contribution in [0.3, 0.4) is 0 Å². The minimum absolute atomic E-state index is 0.0691. The number of hydrogen-bond acceptors (Lipinski definition) is 4. The Morgan fingerprint density at radius 3 is 2.38 bits per heavy atom. The van der Waals surface area contributed by atoms with Crippen LogP contribution >= 0.6 is 11.3 Å². The van der Waals surface area contributed by atoms with Crippen molar-refractivity contribution in [1.82, 2.24) is 10.0 Å². The first-order chi connectivity index (χ1) is 13.7. The highest BCUT2D eigenvalue weighted by atomic mass is 32.2. The third-order valence-electron chi connectivity index (χ3n) is 4.75. The fourth-order valence-corrected chi connectivity index (χ4v) is 4.86. The van der Waals surface area contributed by atoms with Gasteiger partial charge in [0.1, 0.15) is 5.82 Å². The summed E-state index contributed by atoms with van der Waals surface area (Å²) >= 11 is 1.47. The topological polar surface area (TPSA) is 75.3 Å². The number of sulfonamides is 1. The zero-order valence-corrected chi connectivity index (χ0v) is 17.8. The van der Waals surface area contributed by atoms with Gasteiger partial charge in [0.15, 0.2) is 0 Å². The monoisotopic (exact) mass is 432 g/mol. The number of amides is 1. The maximum Gasteiger partial charge on any atom is 0.252 e. The molecule has 1 atom stereocenters. The van der Waals surface area contributed by atoms with Crippen LogP contribution in [0.2, 0.25) is 0 Å². The van der Waals surface area contributed by atoms with Crippen LogP contribution in [0.1, 0.15) is 38.0 Å². The Labute approximate surface area is 173 Å². The number of nitrogens with one attached hydrogen (secondary N) is 2. The molecule has 1 aromatic heterocycles. The predicted molar refractivity (Wildman–Crippen MR) is 112 cm³/mol. The summed E-state index contributed by atoms with van der Waals surface area (Å²) in [6.45, 7) is 3.46. The maximum absolute atomic E-state index is 13.3. The van der Waals surface area contributed by atoms with Gasteiger partial charge in [-0.15, -0.1) is 11.3 Å². The van der Waals surface area contributed by atoms with E-state index in [-0.39, 0.29) is 16.3 Å². The van der Waals surface area contributed by atoms with Crippen molar-refractivity contribution in [3.8, 4) is 0 Å². The van der Waals surface area contributed by atoms with Crippen molar-refractivity contribution in [2.45, 2.75) is 24.8 Å². The largest absolute Gasteiger partial charge is 0.340 e. The first-order valence-electron chi connectivity index (χ1n) is 8.87. The highest BCUT2D eigenvalue weighted by Crippen LogP contribution is 2.27. The van der Waals surface area contributed by atoms with Gasteiger partial charge in [-0.05, 0) is 73.3 Å². The number of halogens is 1. The van der Waals surface area contributed by atoms with Crippen LogP contribution in [0.25, 0.3) is 0 Å². The molecular weight excluding hydrogens is 411 g/mol. The molecule has 0 radical (unpaired) electrons. The Hall–Kier alpha value is -2.55. The van der Waals surface area contributed by atoms with Crippen LogP contribution in [-0.2, 0) is 10.0 Å². The molecule has 0 spiro atoms. The molecule has 0 saturated heterocycles. The van der Waals surface area contributed by atoms with Gasteiger partial charge >= 0.3 is 0 Å². The van der Waals surface area contributed by atoms with Crippen molar-refractivity contribution in [3.05, 3.63) is 86.9 Å². The minimum atomic E-state index is -3.71. The normalized spacial score (nSPS) is 12.6. The highest BCUT2D eigenvalue weighted by molar-refractivity contribution is 7.89. The molecule has 5 nitrogen and oxygen atoms in total. The SMILES string of the molecule is CNS(=O)(=O)c1cc(C(=O)NC(c2ccc(F)cc2)c2cccs2)cc(C)c1C. The molecule has 2 N–H and O–H groups in total. The van der Waals surface area contributed by atoms with Gasteiger partial charge < -0.3 is 5.32 Å². The van der Waals surface area contributed by atoms with Gasteiger partial charge in [0, 0.05) is 10.4 Å². The zero-order chi connectivity index (χ0) is 21.2. The standard InChI is InChI=1S/C21H21FN2O3S2/c1-13-11-16(12-19(14(13)2)29(26,27)23-3)21(25)24-20(18-5-4-10-28-18)15-6-8-17(22)9-7-15/h4-12,20,23H,1-3H3,(H,24,25). The Balaban J connectivity index is 2.00. The van der Waals surface area contributed by atoms with Crippen LogP contribution in [0, 0.1) is 19.7 Å².